The molecule has 3 aromatic heterocycles. The summed E-state index contributed by atoms with van der Waals surface area (Å²) in [5, 5.41) is 7.13. The van der Waals surface area contributed by atoms with Crippen LogP contribution < -0.4 is 5.32 Å². The van der Waals surface area contributed by atoms with Gasteiger partial charge in [-0.05, 0) is 44.2 Å². The molecule has 0 atom stereocenters. The fraction of sp³-hybridized carbons (Fsp3) is 0.200. The molecule has 1 aromatic carbocycles. The van der Waals surface area contributed by atoms with Crippen molar-refractivity contribution in [3.05, 3.63) is 71.3 Å². The van der Waals surface area contributed by atoms with Crippen LogP contribution in [0, 0.1) is 13.8 Å². The first-order chi connectivity index (χ1) is 13.9. The van der Waals surface area contributed by atoms with Crippen LogP contribution in [0.2, 0.25) is 0 Å². The second-order valence-corrected chi connectivity index (χ2v) is 6.77. The number of carbonyl (C=O) groups excluding carboxylic acids is 2. The van der Waals surface area contributed by atoms with Crippen LogP contribution in [0.3, 0.4) is 0 Å². The van der Waals surface area contributed by atoms with Gasteiger partial charge in [0, 0.05) is 42.1 Å². The molecular formula is C20H19N7O2. The van der Waals surface area contributed by atoms with Crippen LogP contribution in [0.4, 0.5) is 5.69 Å². The topological polar surface area (TPSA) is 107 Å². The molecular weight excluding hydrogens is 370 g/mol. The Morgan fingerprint density at radius 3 is 2.55 bits per heavy atom. The van der Waals surface area contributed by atoms with E-state index in [0.29, 0.717) is 28.7 Å². The molecule has 0 aliphatic carbocycles. The number of nitrogens with one attached hydrogen (secondary N) is 1. The Kier molecular flexibility index (Phi) is 4.63. The van der Waals surface area contributed by atoms with Crippen LogP contribution in [0.5, 0.6) is 0 Å². The summed E-state index contributed by atoms with van der Waals surface area (Å²) >= 11 is 0. The van der Waals surface area contributed by atoms with Gasteiger partial charge in [-0.2, -0.15) is 4.98 Å². The lowest BCUT2D eigenvalue weighted by atomic mass is 10.1. The first kappa shape index (κ1) is 18.5. The Morgan fingerprint density at radius 1 is 1.10 bits per heavy atom. The molecule has 3 heterocycles. The number of aryl methyl sites for hydroxylation is 3. The van der Waals surface area contributed by atoms with E-state index in [9.17, 15) is 9.59 Å². The number of benzene rings is 1. The van der Waals surface area contributed by atoms with Gasteiger partial charge in [0.2, 0.25) is 11.7 Å². The zero-order valence-corrected chi connectivity index (χ0v) is 16.2. The van der Waals surface area contributed by atoms with E-state index in [4.69, 9.17) is 0 Å². The highest BCUT2D eigenvalue weighted by atomic mass is 16.1. The molecule has 4 rings (SSSR count). The molecule has 0 radical (unpaired) electrons. The largest absolute Gasteiger partial charge is 0.331 e. The molecule has 0 spiro atoms. The zero-order valence-electron chi connectivity index (χ0n) is 16.2. The zero-order chi connectivity index (χ0) is 20.5. The van der Waals surface area contributed by atoms with E-state index < -0.39 is 0 Å². The molecule has 146 valence electrons. The summed E-state index contributed by atoms with van der Waals surface area (Å²) in [5.74, 6) is 0.799. The Labute approximate surface area is 166 Å². The van der Waals surface area contributed by atoms with E-state index in [1.165, 1.54) is 0 Å². The van der Waals surface area contributed by atoms with Gasteiger partial charge in [0.1, 0.15) is 0 Å². The minimum atomic E-state index is -0.251. The number of anilines is 1. The molecule has 0 saturated heterocycles. The molecule has 1 N–H and O–H groups in total. The van der Waals surface area contributed by atoms with Gasteiger partial charge < -0.3 is 9.88 Å². The molecule has 0 fully saturated rings. The number of rotatable bonds is 5. The molecule has 1 amide bonds. The van der Waals surface area contributed by atoms with Gasteiger partial charge in [0.05, 0.1) is 6.42 Å². The highest BCUT2D eigenvalue weighted by molar-refractivity contribution is 6.07. The third kappa shape index (κ3) is 3.75. The van der Waals surface area contributed by atoms with Gasteiger partial charge in [-0.15, -0.1) is 5.10 Å². The van der Waals surface area contributed by atoms with Crippen LogP contribution in [0.1, 0.15) is 33.4 Å². The van der Waals surface area contributed by atoms with Gasteiger partial charge in [-0.1, -0.05) is 0 Å². The molecule has 9 heteroatoms. The third-order valence-corrected chi connectivity index (χ3v) is 4.44. The summed E-state index contributed by atoms with van der Waals surface area (Å²) in [5.41, 5.74) is 2.83. The summed E-state index contributed by atoms with van der Waals surface area (Å²) < 4.78 is 3.28. The second kappa shape index (κ2) is 7.27. The lowest BCUT2D eigenvalue weighted by molar-refractivity contribution is -0.115. The number of carbonyl (C=O) groups is 2. The number of hydrogen-bond donors (Lipinski definition) is 1. The third-order valence-electron chi connectivity index (χ3n) is 4.44. The number of amides is 1. The van der Waals surface area contributed by atoms with Gasteiger partial charge in [-0.3, -0.25) is 9.59 Å². The average Bonchev–Trinajstić information content (AvgIpc) is 3.27. The lowest BCUT2D eigenvalue weighted by Crippen LogP contribution is -2.15. The van der Waals surface area contributed by atoms with Gasteiger partial charge >= 0.3 is 0 Å². The van der Waals surface area contributed by atoms with Crippen LogP contribution >= 0.6 is 0 Å². The van der Waals surface area contributed by atoms with E-state index in [1.807, 2.05) is 19.9 Å². The summed E-state index contributed by atoms with van der Waals surface area (Å²) in [4.78, 5) is 37.5. The Balaban J connectivity index is 1.44. The molecule has 4 aromatic rings. The standard InChI is InChI=1S/C20H19N7O2/c1-12-10-13(2)27-20(22-12)24-16(25-27)11-17(28)23-15-6-4-14(5-7-15)18(29)19-21-8-9-26(19)3/h4-10H,11H2,1-3H3,(H,23,28). The van der Waals surface area contributed by atoms with Crippen molar-refractivity contribution in [2.45, 2.75) is 20.3 Å². The highest BCUT2D eigenvalue weighted by Gasteiger charge is 2.15. The van der Waals surface area contributed by atoms with Crippen molar-refractivity contribution in [3.8, 4) is 0 Å². The molecule has 0 unspecified atom stereocenters. The molecule has 29 heavy (non-hydrogen) atoms. The second-order valence-electron chi connectivity index (χ2n) is 6.77. The Morgan fingerprint density at radius 2 is 1.86 bits per heavy atom. The van der Waals surface area contributed by atoms with Gasteiger partial charge in [0.25, 0.3) is 5.78 Å². The van der Waals surface area contributed by atoms with E-state index in [1.54, 1.807) is 52.8 Å². The first-order valence-electron chi connectivity index (χ1n) is 9.02. The minimum absolute atomic E-state index is 0.0236. The Bertz CT molecular complexity index is 1220. The van der Waals surface area contributed by atoms with E-state index in [-0.39, 0.29) is 18.1 Å². The minimum Gasteiger partial charge on any atom is -0.331 e. The normalized spacial score (nSPS) is 11.0. The van der Waals surface area contributed by atoms with E-state index in [0.717, 1.165) is 11.4 Å². The predicted molar refractivity (Wildman–Crippen MR) is 106 cm³/mol. The number of fused-ring (bicyclic) bond motifs is 1. The number of aromatic nitrogens is 6. The van der Waals surface area contributed by atoms with Crippen molar-refractivity contribution < 1.29 is 9.59 Å². The summed E-state index contributed by atoms with van der Waals surface area (Å²) in [6, 6.07) is 8.58. The maximum atomic E-state index is 12.4. The van der Waals surface area contributed by atoms with Crippen LogP contribution in [-0.2, 0) is 18.3 Å². The summed E-state index contributed by atoms with van der Waals surface area (Å²) in [6.07, 6.45) is 3.32. The van der Waals surface area contributed by atoms with Crippen molar-refractivity contribution in [2.75, 3.05) is 5.32 Å². The van der Waals surface area contributed by atoms with Crippen molar-refractivity contribution >= 4 is 23.2 Å². The van der Waals surface area contributed by atoms with Crippen LogP contribution in [0.25, 0.3) is 5.78 Å². The summed E-state index contributed by atoms with van der Waals surface area (Å²) in [6.45, 7) is 3.80. The van der Waals surface area contributed by atoms with E-state index in [2.05, 4.69) is 25.4 Å². The summed E-state index contributed by atoms with van der Waals surface area (Å²) in [7, 11) is 1.76. The molecule has 0 aliphatic heterocycles. The maximum absolute atomic E-state index is 12.4. The molecule has 0 bridgehead atoms. The molecule has 0 aliphatic rings. The van der Waals surface area contributed by atoms with Gasteiger partial charge in [0.15, 0.2) is 11.6 Å². The number of nitrogens with zero attached hydrogens (tertiary/aromatic N) is 6. The molecule has 0 saturated carbocycles. The first-order valence-corrected chi connectivity index (χ1v) is 9.02. The SMILES string of the molecule is Cc1cc(C)n2nc(CC(=O)Nc3ccc(C(=O)c4nccn4C)cc3)nc2n1. The van der Waals surface area contributed by atoms with Crippen LogP contribution in [0.15, 0.2) is 42.7 Å². The fourth-order valence-electron chi connectivity index (χ4n) is 3.05. The number of hydrogen-bond acceptors (Lipinski definition) is 6. The van der Waals surface area contributed by atoms with Crippen LogP contribution in [-0.4, -0.2) is 40.8 Å². The van der Waals surface area contributed by atoms with Crippen molar-refractivity contribution in [1.82, 2.24) is 29.1 Å². The highest BCUT2D eigenvalue weighted by Crippen LogP contribution is 2.13. The lowest BCUT2D eigenvalue weighted by Gasteiger charge is -2.05. The average molecular weight is 389 g/mol. The van der Waals surface area contributed by atoms with Crippen molar-refractivity contribution in [1.29, 1.82) is 0 Å². The smallest absolute Gasteiger partial charge is 0.252 e. The van der Waals surface area contributed by atoms with Crippen molar-refractivity contribution in [3.63, 3.8) is 0 Å². The number of ketones is 1. The number of imidazole rings is 1. The van der Waals surface area contributed by atoms with E-state index >= 15 is 0 Å². The fourth-order valence-corrected chi connectivity index (χ4v) is 3.05. The molecule has 9 nitrogen and oxygen atoms in total. The van der Waals surface area contributed by atoms with Crippen molar-refractivity contribution in [2.24, 2.45) is 7.05 Å². The quantitative estimate of drug-likeness (QED) is 0.522. The monoisotopic (exact) mass is 389 g/mol. The van der Waals surface area contributed by atoms with Gasteiger partial charge in [-0.25, -0.2) is 14.5 Å². The Hall–Kier alpha value is -3.88. The predicted octanol–water partition coefficient (Wildman–Crippen LogP) is 1.89. The maximum Gasteiger partial charge on any atom is 0.252 e.